The molecule has 296 valence electrons. The van der Waals surface area contributed by atoms with Gasteiger partial charge in [-0.2, -0.15) is 0 Å². The summed E-state index contributed by atoms with van der Waals surface area (Å²) >= 11 is 0. The number of Topliss-reactive ketones (excluding diaryl/α,β-unsaturated/α-hetero) is 2. The number of unbranched alkanes of at least 4 members (excludes halogenated alkanes) is 3. The molecule has 0 aliphatic heterocycles. The van der Waals surface area contributed by atoms with E-state index in [9.17, 15) is 19.2 Å². The van der Waals surface area contributed by atoms with Crippen LogP contribution in [0.25, 0.3) is 0 Å². The van der Waals surface area contributed by atoms with E-state index >= 15 is 0 Å². The third kappa shape index (κ3) is 44.0. The van der Waals surface area contributed by atoms with E-state index in [1.165, 1.54) is 25.2 Å². The van der Waals surface area contributed by atoms with Crippen LogP contribution in [0.4, 0.5) is 0 Å². The standard InChI is InChI=1S/C11H14O2.C11H20O2.C9H10O2.C7H8.4C2H6/c1-9(11(12)13-2)8-10-6-4-3-5-7-10;1-3-11(13)9-7-5-4-6-8-10(2)12;1-8(10)11-7-9-5-3-2-4-6-9;1-7-5-3-2-4-6-7;4*1-2/h3-7,9H,8H2,1-2H3;3-9H2,1-2H3;2-6H,7H2,1H3;2-6H,1H3;4*1-2H3. The summed E-state index contributed by atoms with van der Waals surface area (Å²) in [6.07, 6.45) is 6.95. The average molecular weight is 725 g/mol. The van der Waals surface area contributed by atoms with Crippen molar-refractivity contribution in [3.05, 3.63) is 108 Å². The van der Waals surface area contributed by atoms with Crippen molar-refractivity contribution in [2.45, 2.75) is 148 Å². The molecule has 0 heterocycles. The molecule has 0 N–H and O–H groups in total. The summed E-state index contributed by atoms with van der Waals surface area (Å²) in [6, 6.07) is 29.8. The van der Waals surface area contributed by atoms with E-state index in [0.717, 1.165) is 44.1 Å². The largest absolute Gasteiger partial charge is 0.469 e. The fourth-order valence-electron chi connectivity index (χ4n) is 3.77. The Morgan fingerprint density at radius 1 is 0.596 bits per heavy atom. The molecule has 0 radical (unpaired) electrons. The molecular weight excluding hydrogens is 648 g/mol. The fraction of sp³-hybridized carbons (Fsp3) is 0.522. The number of carbonyl (C=O) groups excluding carboxylic acids is 4. The van der Waals surface area contributed by atoms with Crippen molar-refractivity contribution < 1.29 is 28.7 Å². The highest BCUT2D eigenvalue weighted by atomic mass is 16.5. The fourth-order valence-corrected chi connectivity index (χ4v) is 3.77. The summed E-state index contributed by atoms with van der Waals surface area (Å²) in [7, 11) is 1.42. The molecular formula is C46H76O6. The van der Waals surface area contributed by atoms with Crippen molar-refractivity contribution in [1.82, 2.24) is 0 Å². The second kappa shape index (κ2) is 46.9. The monoisotopic (exact) mass is 725 g/mol. The van der Waals surface area contributed by atoms with E-state index < -0.39 is 0 Å². The number of aryl methyl sites for hydroxylation is 1. The van der Waals surface area contributed by atoms with Crippen LogP contribution in [0.3, 0.4) is 0 Å². The molecule has 1 unspecified atom stereocenters. The third-order valence-corrected chi connectivity index (χ3v) is 6.34. The summed E-state index contributed by atoms with van der Waals surface area (Å²) in [5.41, 5.74) is 3.51. The number of ketones is 2. The Bertz CT molecular complexity index is 1160. The Kier molecular flexibility index (Phi) is 51.7. The Morgan fingerprint density at radius 3 is 1.35 bits per heavy atom. The zero-order valence-electron chi connectivity index (χ0n) is 35.6. The molecule has 0 saturated carbocycles. The number of rotatable bonds is 13. The lowest BCUT2D eigenvalue weighted by Gasteiger charge is -2.08. The Morgan fingerprint density at radius 2 is 1.00 bits per heavy atom. The number of carbonyl (C=O) groups is 4. The summed E-state index contributed by atoms with van der Waals surface area (Å²) in [4.78, 5) is 43.0. The summed E-state index contributed by atoms with van der Waals surface area (Å²) < 4.78 is 9.43. The van der Waals surface area contributed by atoms with Gasteiger partial charge < -0.3 is 14.3 Å². The highest BCUT2D eigenvalue weighted by molar-refractivity contribution is 5.77. The molecule has 3 rings (SSSR count). The van der Waals surface area contributed by atoms with Crippen molar-refractivity contribution in [2.75, 3.05) is 7.11 Å². The molecule has 6 nitrogen and oxygen atoms in total. The maximum atomic E-state index is 11.1. The van der Waals surface area contributed by atoms with Crippen molar-refractivity contribution in [1.29, 1.82) is 0 Å². The molecule has 0 fully saturated rings. The number of hydrogen-bond acceptors (Lipinski definition) is 6. The van der Waals surface area contributed by atoms with Gasteiger partial charge in [-0.1, -0.05) is 179 Å². The molecule has 1 atom stereocenters. The van der Waals surface area contributed by atoms with Crippen LogP contribution in [-0.2, 0) is 41.7 Å². The quantitative estimate of drug-likeness (QED) is 0.129. The molecule has 6 heteroatoms. The van der Waals surface area contributed by atoms with Crippen LogP contribution in [-0.4, -0.2) is 30.6 Å². The lowest BCUT2D eigenvalue weighted by Crippen LogP contribution is -2.14. The molecule has 0 amide bonds. The topological polar surface area (TPSA) is 86.7 Å². The Labute approximate surface area is 320 Å². The second-order valence-corrected chi connectivity index (χ2v) is 10.5. The second-order valence-electron chi connectivity index (χ2n) is 10.5. The normalized spacial score (nSPS) is 9.12. The van der Waals surface area contributed by atoms with Crippen LogP contribution in [0.5, 0.6) is 0 Å². The van der Waals surface area contributed by atoms with Crippen LogP contribution >= 0.6 is 0 Å². The lowest BCUT2D eigenvalue weighted by molar-refractivity contribution is -0.145. The van der Waals surface area contributed by atoms with E-state index in [1.807, 2.05) is 148 Å². The Hall–Kier alpha value is -4.06. The van der Waals surface area contributed by atoms with Crippen molar-refractivity contribution >= 4 is 23.5 Å². The highest BCUT2D eigenvalue weighted by Gasteiger charge is 2.12. The van der Waals surface area contributed by atoms with Crippen LogP contribution in [0.1, 0.15) is 145 Å². The number of esters is 2. The van der Waals surface area contributed by atoms with Gasteiger partial charge in [0.2, 0.25) is 0 Å². The molecule has 0 aliphatic carbocycles. The van der Waals surface area contributed by atoms with Crippen LogP contribution in [0.2, 0.25) is 0 Å². The number of hydrogen-bond donors (Lipinski definition) is 0. The van der Waals surface area contributed by atoms with Gasteiger partial charge in [0.05, 0.1) is 13.0 Å². The SMILES string of the molecule is CC.CC.CC.CC.CC(=O)OCc1ccccc1.CCC(=O)CCCCCCC(C)=O.COC(=O)C(C)Cc1ccccc1.Cc1ccccc1. The maximum absolute atomic E-state index is 11.1. The molecule has 0 saturated heterocycles. The Balaban J connectivity index is -0.000000179. The van der Waals surface area contributed by atoms with Crippen molar-refractivity contribution in [2.24, 2.45) is 5.92 Å². The minimum Gasteiger partial charge on any atom is -0.469 e. The van der Waals surface area contributed by atoms with Crippen LogP contribution in [0, 0.1) is 12.8 Å². The average Bonchev–Trinajstić information content (AvgIpc) is 3.19. The minimum absolute atomic E-state index is 0.0626. The molecule has 3 aromatic carbocycles. The third-order valence-electron chi connectivity index (χ3n) is 6.34. The van der Waals surface area contributed by atoms with E-state index in [1.54, 1.807) is 6.92 Å². The van der Waals surface area contributed by atoms with Gasteiger partial charge in [0.25, 0.3) is 0 Å². The van der Waals surface area contributed by atoms with E-state index in [2.05, 4.69) is 23.8 Å². The first-order valence-electron chi connectivity index (χ1n) is 19.4. The van der Waals surface area contributed by atoms with Crippen molar-refractivity contribution in [3.63, 3.8) is 0 Å². The van der Waals surface area contributed by atoms with Gasteiger partial charge in [0.15, 0.2) is 0 Å². The van der Waals surface area contributed by atoms with Gasteiger partial charge in [0, 0.05) is 26.2 Å². The molecule has 0 aromatic heterocycles. The summed E-state index contributed by atoms with van der Waals surface area (Å²) in [5.74, 6) is 0.168. The summed E-state index contributed by atoms with van der Waals surface area (Å²) in [5, 5.41) is 0. The van der Waals surface area contributed by atoms with Gasteiger partial charge >= 0.3 is 11.9 Å². The molecule has 3 aromatic rings. The lowest BCUT2D eigenvalue weighted by atomic mass is 10.0. The van der Waals surface area contributed by atoms with Crippen LogP contribution < -0.4 is 0 Å². The summed E-state index contributed by atoms with van der Waals surface area (Å²) in [6.45, 7) is 25.3. The predicted octanol–water partition coefficient (Wildman–Crippen LogP) is 12.8. The molecule has 52 heavy (non-hydrogen) atoms. The first-order valence-corrected chi connectivity index (χ1v) is 19.4. The van der Waals surface area contributed by atoms with E-state index in [4.69, 9.17) is 4.74 Å². The minimum atomic E-state index is -0.242. The molecule has 0 spiro atoms. The van der Waals surface area contributed by atoms with E-state index in [0.29, 0.717) is 25.2 Å². The van der Waals surface area contributed by atoms with Crippen molar-refractivity contribution in [3.8, 4) is 0 Å². The van der Waals surface area contributed by atoms with Gasteiger partial charge in [0.1, 0.15) is 18.2 Å². The number of ether oxygens (including phenoxy) is 2. The van der Waals surface area contributed by atoms with Gasteiger partial charge in [-0.05, 0) is 44.2 Å². The molecule has 0 aliphatic rings. The van der Waals surface area contributed by atoms with Gasteiger partial charge in [-0.25, -0.2) is 0 Å². The highest BCUT2D eigenvalue weighted by Crippen LogP contribution is 2.09. The smallest absolute Gasteiger partial charge is 0.308 e. The zero-order chi connectivity index (χ0) is 41.0. The number of benzene rings is 3. The maximum Gasteiger partial charge on any atom is 0.308 e. The zero-order valence-corrected chi connectivity index (χ0v) is 35.6. The van der Waals surface area contributed by atoms with Crippen LogP contribution in [0.15, 0.2) is 91.0 Å². The predicted molar refractivity (Wildman–Crippen MR) is 223 cm³/mol. The van der Waals surface area contributed by atoms with E-state index in [-0.39, 0.29) is 23.6 Å². The van der Waals surface area contributed by atoms with Gasteiger partial charge in [-0.15, -0.1) is 0 Å². The first-order chi connectivity index (χ1) is 25.1. The number of methoxy groups -OCH3 is 1. The van der Waals surface area contributed by atoms with Gasteiger partial charge in [-0.3, -0.25) is 14.4 Å². The first kappa shape index (κ1) is 57.3. The molecule has 0 bridgehead atoms.